The Hall–Kier alpha value is -0.0900. The number of rotatable bonds is 4. The Balaban J connectivity index is 1.84. The minimum absolute atomic E-state index is 0.777. The lowest BCUT2D eigenvalue weighted by Crippen LogP contribution is -2.25. The third kappa shape index (κ3) is 3.45. The Morgan fingerprint density at radius 3 is 2.69 bits per heavy atom. The number of halogens is 1. The summed E-state index contributed by atoms with van der Waals surface area (Å²) in [6.45, 7) is 3.31. The van der Waals surface area contributed by atoms with Gasteiger partial charge in [-0.25, -0.2) is 0 Å². The summed E-state index contributed by atoms with van der Waals surface area (Å²) in [5.41, 5.74) is 1.50. The third-order valence-corrected chi connectivity index (χ3v) is 4.19. The van der Waals surface area contributed by atoms with Crippen LogP contribution in [0.25, 0.3) is 0 Å². The first-order valence-electron chi connectivity index (χ1n) is 6.25. The van der Waals surface area contributed by atoms with Gasteiger partial charge in [-0.3, -0.25) is 0 Å². The summed E-state index contributed by atoms with van der Waals surface area (Å²) in [4.78, 5) is 0. The van der Waals surface area contributed by atoms with Gasteiger partial charge in [-0.1, -0.05) is 19.1 Å². The molecule has 0 aromatic heterocycles. The molecule has 1 nitrogen and oxygen atoms in total. The van der Waals surface area contributed by atoms with Crippen molar-refractivity contribution < 1.29 is 0 Å². The average Bonchev–Trinajstić information content (AvgIpc) is 2.70. The van der Waals surface area contributed by atoms with E-state index in [2.05, 4.69) is 59.1 Å². The van der Waals surface area contributed by atoms with Crippen LogP contribution in [0.15, 0.2) is 24.3 Å². The van der Waals surface area contributed by atoms with E-state index in [-0.39, 0.29) is 0 Å². The van der Waals surface area contributed by atoms with E-state index in [9.17, 15) is 0 Å². The number of hydrogen-bond donors (Lipinski definition) is 1. The van der Waals surface area contributed by atoms with Crippen molar-refractivity contribution in [3.63, 3.8) is 0 Å². The summed E-state index contributed by atoms with van der Waals surface area (Å²) < 4.78 is 1.33. The van der Waals surface area contributed by atoms with Crippen molar-refractivity contribution >= 4 is 22.6 Å². The Kier molecular flexibility index (Phi) is 4.65. The fraction of sp³-hybridized carbons (Fsp3) is 0.571. The van der Waals surface area contributed by atoms with Crippen molar-refractivity contribution in [2.75, 3.05) is 6.54 Å². The normalized spacial score (nSPS) is 24.9. The van der Waals surface area contributed by atoms with Crippen molar-refractivity contribution in [1.82, 2.24) is 5.32 Å². The van der Waals surface area contributed by atoms with Gasteiger partial charge >= 0.3 is 0 Å². The van der Waals surface area contributed by atoms with Gasteiger partial charge in [0.1, 0.15) is 0 Å². The molecule has 88 valence electrons. The van der Waals surface area contributed by atoms with Crippen LogP contribution in [0.1, 0.15) is 31.7 Å². The number of benzene rings is 1. The highest BCUT2D eigenvalue weighted by Crippen LogP contribution is 2.28. The lowest BCUT2D eigenvalue weighted by Gasteiger charge is -2.12. The van der Waals surface area contributed by atoms with Crippen molar-refractivity contribution in [3.05, 3.63) is 33.4 Å². The van der Waals surface area contributed by atoms with Gasteiger partial charge < -0.3 is 5.32 Å². The predicted molar refractivity (Wildman–Crippen MR) is 77.7 cm³/mol. The molecule has 1 aromatic rings. The largest absolute Gasteiger partial charge is 0.314 e. The van der Waals surface area contributed by atoms with Crippen LogP contribution in [0, 0.1) is 9.49 Å². The topological polar surface area (TPSA) is 12.0 Å². The minimum Gasteiger partial charge on any atom is -0.314 e. The van der Waals surface area contributed by atoms with E-state index in [0.29, 0.717) is 0 Å². The van der Waals surface area contributed by atoms with Crippen LogP contribution >= 0.6 is 22.6 Å². The highest BCUT2D eigenvalue weighted by atomic mass is 127. The molecule has 0 aliphatic heterocycles. The molecule has 2 unspecified atom stereocenters. The van der Waals surface area contributed by atoms with Gasteiger partial charge in [0.2, 0.25) is 0 Å². The molecule has 1 N–H and O–H groups in total. The Morgan fingerprint density at radius 2 is 2.00 bits per heavy atom. The summed E-state index contributed by atoms with van der Waals surface area (Å²) in [5, 5.41) is 3.57. The molecule has 1 aromatic carbocycles. The van der Waals surface area contributed by atoms with E-state index in [1.807, 2.05) is 0 Å². The molecule has 2 rings (SSSR count). The van der Waals surface area contributed by atoms with Crippen LogP contribution in [0.2, 0.25) is 0 Å². The highest BCUT2D eigenvalue weighted by Gasteiger charge is 2.23. The number of nitrogens with one attached hydrogen (secondary N) is 1. The predicted octanol–water partition coefficient (Wildman–Crippen LogP) is 3.61. The molecule has 2 atom stereocenters. The summed E-state index contributed by atoms with van der Waals surface area (Å²) in [6.07, 6.45) is 5.38. The minimum atomic E-state index is 0.777. The van der Waals surface area contributed by atoms with Crippen molar-refractivity contribution in [2.24, 2.45) is 5.92 Å². The van der Waals surface area contributed by atoms with Gasteiger partial charge in [0.15, 0.2) is 0 Å². The van der Waals surface area contributed by atoms with Gasteiger partial charge in [0.25, 0.3) is 0 Å². The SMILES string of the molecule is CCNC1CCC(Cc2ccc(I)cc2)C1. The van der Waals surface area contributed by atoms with E-state index in [1.165, 1.54) is 34.8 Å². The first-order valence-corrected chi connectivity index (χ1v) is 7.33. The molecule has 1 aliphatic rings. The molecule has 1 aliphatic carbocycles. The van der Waals surface area contributed by atoms with Crippen LogP contribution in [0.5, 0.6) is 0 Å². The third-order valence-electron chi connectivity index (χ3n) is 3.47. The highest BCUT2D eigenvalue weighted by molar-refractivity contribution is 14.1. The lowest BCUT2D eigenvalue weighted by atomic mass is 9.98. The van der Waals surface area contributed by atoms with E-state index in [1.54, 1.807) is 0 Å². The standard InChI is InChI=1S/C14H20IN/c1-2-16-14-8-5-12(10-14)9-11-3-6-13(15)7-4-11/h3-4,6-7,12,14,16H,2,5,8-10H2,1H3. The maximum absolute atomic E-state index is 3.57. The Labute approximate surface area is 112 Å². The summed E-state index contributed by atoms with van der Waals surface area (Å²) in [7, 11) is 0. The van der Waals surface area contributed by atoms with Gasteiger partial charge in [-0.15, -0.1) is 0 Å². The van der Waals surface area contributed by atoms with Gasteiger partial charge in [0, 0.05) is 9.61 Å². The molecule has 1 fully saturated rings. The lowest BCUT2D eigenvalue weighted by molar-refractivity contribution is 0.493. The van der Waals surface area contributed by atoms with E-state index < -0.39 is 0 Å². The molecule has 1 saturated carbocycles. The van der Waals surface area contributed by atoms with Gasteiger partial charge in [0.05, 0.1) is 0 Å². The zero-order chi connectivity index (χ0) is 11.4. The zero-order valence-corrected chi connectivity index (χ0v) is 12.0. The fourth-order valence-corrected chi connectivity index (χ4v) is 3.05. The van der Waals surface area contributed by atoms with Gasteiger partial charge in [-0.05, 0) is 78.4 Å². The molecule has 0 amide bonds. The second kappa shape index (κ2) is 6.01. The zero-order valence-electron chi connectivity index (χ0n) is 9.88. The van der Waals surface area contributed by atoms with E-state index in [4.69, 9.17) is 0 Å². The Bertz CT molecular complexity index is 320. The molecular weight excluding hydrogens is 309 g/mol. The molecular formula is C14H20IN. The van der Waals surface area contributed by atoms with E-state index >= 15 is 0 Å². The Morgan fingerprint density at radius 1 is 1.25 bits per heavy atom. The second-order valence-corrected chi connectivity index (χ2v) is 6.01. The second-order valence-electron chi connectivity index (χ2n) is 4.76. The van der Waals surface area contributed by atoms with Crippen LogP contribution in [-0.4, -0.2) is 12.6 Å². The van der Waals surface area contributed by atoms with Crippen LogP contribution in [-0.2, 0) is 6.42 Å². The smallest absolute Gasteiger partial charge is 0.0130 e. The summed E-state index contributed by atoms with van der Waals surface area (Å²) in [5.74, 6) is 0.893. The maximum Gasteiger partial charge on any atom is 0.0130 e. The fourth-order valence-electron chi connectivity index (χ4n) is 2.69. The first kappa shape index (κ1) is 12.4. The van der Waals surface area contributed by atoms with Crippen molar-refractivity contribution in [3.8, 4) is 0 Å². The molecule has 16 heavy (non-hydrogen) atoms. The van der Waals surface area contributed by atoms with Crippen LogP contribution < -0.4 is 5.32 Å². The quantitative estimate of drug-likeness (QED) is 0.832. The van der Waals surface area contributed by atoms with Crippen molar-refractivity contribution in [2.45, 2.75) is 38.6 Å². The molecule has 0 bridgehead atoms. The molecule has 0 radical (unpaired) electrons. The molecule has 0 spiro atoms. The van der Waals surface area contributed by atoms with Crippen molar-refractivity contribution in [1.29, 1.82) is 0 Å². The monoisotopic (exact) mass is 329 g/mol. The van der Waals surface area contributed by atoms with E-state index in [0.717, 1.165) is 18.5 Å². The van der Waals surface area contributed by atoms with Crippen LogP contribution in [0.3, 0.4) is 0 Å². The first-order chi connectivity index (χ1) is 7.78. The van der Waals surface area contributed by atoms with Crippen LogP contribution in [0.4, 0.5) is 0 Å². The molecule has 2 heteroatoms. The number of hydrogen-bond acceptors (Lipinski definition) is 1. The van der Waals surface area contributed by atoms with Gasteiger partial charge in [-0.2, -0.15) is 0 Å². The summed E-state index contributed by atoms with van der Waals surface area (Å²) >= 11 is 2.37. The average molecular weight is 329 g/mol. The maximum atomic E-state index is 3.57. The summed E-state index contributed by atoms with van der Waals surface area (Å²) in [6, 6.07) is 9.77. The molecule has 0 heterocycles. The molecule has 0 saturated heterocycles.